The van der Waals surface area contributed by atoms with Crippen molar-refractivity contribution in [1.82, 2.24) is 5.32 Å². The fourth-order valence-corrected chi connectivity index (χ4v) is 5.76. The lowest BCUT2D eigenvalue weighted by Gasteiger charge is -2.29. The lowest BCUT2D eigenvalue weighted by atomic mass is 9.87. The number of nitrogens with one attached hydrogen (secondary N) is 1. The van der Waals surface area contributed by atoms with E-state index in [9.17, 15) is 13.2 Å². The first-order valence-corrected chi connectivity index (χ1v) is 13.0. The zero-order valence-electron chi connectivity index (χ0n) is 20.2. The molecule has 3 aromatic rings. The van der Waals surface area contributed by atoms with Crippen LogP contribution in [-0.4, -0.2) is 35.1 Å². The van der Waals surface area contributed by atoms with E-state index in [2.05, 4.69) is 5.32 Å². The third kappa shape index (κ3) is 5.43. The Morgan fingerprint density at radius 1 is 0.971 bits per heavy atom. The molecule has 1 unspecified atom stereocenters. The molecule has 0 radical (unpaired) electrons. The number of amides is 1. The number of aryl methyl sites for hydroxylation is 2. The molecule has 1 amide bonds. The van der Waals surface area contributed by atoms with Gasteiger partial charge >= 0.3 is 0 Å². The van der Waals surface area contributed by atoms with Crippen LogP contribution in [0.15, 0.2) is 71.6 Å². The summed E-state index contributed by atoms with van der Waals surface area (Å²) in [5, 5.41) is 3.06. The van der Waals surface area contributed by atoms with Gasteiger partial charge in [0.1, 0.15) is 18.0 Å². The fraction of sp³-hybridized carbons (Fsp3) is 0.296. The number of sulfonamides is 1. The molecule has 35 heavy (non-hydrogen) atoms. The summed E-state index contributed by atoms with van der Waals surface area (Å²) in [5.74, 6) is 0.972. The molecule has 3 aromatic carbocycles. The molecule has 7 nitrogen and oxygen atoms in total. The highest BCUT2D eigenvalue weighted by molar-refractivity contribution is 7.92. The van der Waals surface area contributed by atoms with E-state index < -0.39 is 10.0 Å². The normalized spacial score (nSPS) is 15.1. The Hall–Kier alpha value is -3.52. The van der Waals surface area contributed by atoms with Gasteiger partial charge in [0, 0.05) is 0 Å². The van der Waals surface area contributed by atoms with Crippen LogP contribution in [0.1, 0.15) is 35.6 Å². The van der Waals surface area contributed by atoms with Crippen LogP contribution in [0.2, 0.25) is 0 Å². The molecule has 184 valence electrons. The molecule has 8 heteroatoms. The van der Waals surface area contributed by atoms with Crippen LogP contribution < -0.4 is 19.1 Å². The minimum Gasteiger partial charge on any atom is -0.497 e. The van der Waals surface area contributed by atoms with Gasteiger partial charge in [0.15, 0.2) is 0 Å². The topological polar surface area (TPSA) is 84.9 Å². The van der Waals surface area contributed by atoms with Gasteiger partial charge in [-0.2, -0.15) is 0 Å². The maximum absolute atomic E-state index is 13.6. The predicted octanol–water partition coefficient (Wildman–Crippen LogP) is 4.40. The number of ether oxygens (including phenoxy) is 2. The van der Waals surface area contributed by atoms with E-state index in [4.69, 9.17) is 9.47 Å². The standard InChI is InChI=1S/C27H30N2O5S/c1-19-7-9-21(10-8-19)29(35(31,32)24-14-11-22(33-2)12-15-24)18-27(30)28-26-6-4-5-20-17-23(34-3)13-16-25(20)26/h7-17,26H,4-6,18H2,1-3H3,(H,28,30). The van der Waals surface area contributed by atoms with Gasteiger partial charge in [-0.25, -0.2) is 8.42 Å². The Kier molecular flexibility index (Phi) is 7.31. The largest absolute Gasteiger partial charge is 0.497 e. The average Bonchev–Trinajstić information content (AvgIpc) is 2.87. The Morgan fingerprint density at radius 3 is 2.29 bits per heavy atom. The van der Waals surface area contributed by atoms with Gasteiger partial charge in [-0.15, -0.1) is 0 Å². The van der Waals surface area contributed by atoms with Crippen molar-refractivity contribution in [3.05, 3.63) is 83.4 Å². The van der Waals surface area contributed by atoms with Crippen molar-refractivity contribution in [3.63, 3.8) is 0 Å². The van der Waals surface area contributed by atoms with E-state index in [-0.39, 0.29) is 23.4 Å². The van der Waals surface area contributed by atoms with Crippen molar-refractivity contribution in [2.45, 2.75) is 37.1 Å². The summed E-state index contributed by atoms with van der Waals surface area (Å²) in [4.78, 5) is 13.3. The van der Waals surface area contributed by atoms with Crippen LogP contribution in [0.3, 0.4) is 0 Å². The minimum atomic E-state index is -4.00. The quantitative estimate of drug-likeness (QED) is 0.502. The van der Waals surface area contributed by atoms with Crippen LogP contribution in [-0.2, 0) is 21.2 Å². The summed E-state index contributed by atoms with van der Waals surface area (Å²) in [6.07, 6.45) is 2.64. The number of anilines is 1. The maximum atomic E-state index is 13.6. The lowest BCUT2D eigenvalue weighted by Crippen LogP contribution is -2.42. The number of methoxy groups -OCH3 is 2. The number of benzene rings is 3. The van der Waals surface area contributed by atoms with Crippen molar-refractivity contribution in [2.75, 3.05) is 25.1 Å². The lowest BCUT2D eigenvalue weighted by molar-refractivity contribution is -0.120. The van der Waals surface area contributed by atoms with Crippen LogP contribution in [0.25, 0.3) is 0 Å². The van der Waals surface area contributed by atoms with E-state index >= 15 is 0 Å². The Bertz CT molecular complexity index is 1290. The smallest absolute Gasteiger partial charge is 0.264 e. The third-order valence-electron chi connectivity index (χ3n) is 6.26. The van der Waals surface area contributed by atoms with Gasteiger partial charge < -0.3 is 14.8 Å². The summed E-state index contributed by atoms with van der Waals surface area (Å²) < 4.78 is 38.8. The molecule has 0 saturated carbocycles. The molecule has 1 aliphatic rings. The first kappa shape index (κ1) is 24.6. The number of carbonyl (C=O) groups excluding carboxylic acids is 1. The SMILES string of the molecule is COc1ccc(S(=O)(=O)N(CC(=O)NC2CCCc3cc(OC)ccc32)c2ccc(C)cc2)cc1. The number of nitrogens with zero attached hydrogens (tertiary/aromatic N) is 1. The van der Waals surface area contributed by atoms with E-state index in [1.165, 1.54) is 19.2 Å². The van der Waals surface area contributed by atoms with Gasteiger partial charge in [0.05, 0.1) is 30.8 Å². The van der Waals surface area contributed by atoms with Crippen molar-refractivity contribution >= 4 is 21.6 Å². The van der Waals surface area contributed by atoms with Gasteiger partial charge in [-0.1, -0.05) is 23.8 Å². The first-order chi connectivity index (χ1) is 16.8. The van der Waals surface area contributed by atoms with Gasteiger partial charge in [-0.3, -0.25) is 9.10 Å². The Labute approximate surface area is 206 Å². The van der Waals surface area contributed by atoms with Crippen molar-refractivity contribution < 1.29 is 22.7 Å². The molecule has 0 aliphatic heterocycles. The summed E-state index contributed by atoms with van der Waals surface area (Å²) in [6, 6.07) is 18.9. The monoisotopic (exact) mass is 494 g/mol. The third-order valence-corrected chi connectivity index (χ3v) is 8.04. The molecule has 0 spiro atoms. The van der Waals surface area contributed by atoms with E-state index in [1.807, 2.05) is 37.3 Å². The molecular weight excluding hydrogens is 464 g/mol. The number of rotatable bonds is 8. The molecule has 4 rings (SSSR count). The summed E-state index contributed by atoms with van der Waals surface area (Å²) >= 11 is 0. The molecule has 1 atom stereocenters. The molecule has 1 aliphatic carbocycles. The summed E-state index contributed by atoms with van der Waals surface area (Å²) in [7, 11) is -0.845. The highest BCUT2D eigenvalue weighted by atomic mass is 32.2. The first-order valence-electron chi connectivity index (χ1n) is 11.5. The molecule has 0 heterocycles. The molecule has 0 fully saturated rings. The van der Waals surface area contributed by atoms with Gasteiger partial charge in [0.25, 0.3) is 10.0 Å². The van der Waals surface area contributed by atoms with Gasteiger partial charge in [-0.05, 0) is 85.8 Å². The van der Waals surface area contributed by atoms with E-state index in [1.54, 1.807) is 31.4 Å². The second-order valence-corrected chi connectivity index (χ2v) is 10.5. The van der Waals surface area contributed by atoms with Crippen LogP contribution in [0.5, 0.6) is 11.5 Å². The van der Waals surface area contributed by atoms with Crippen LogP contribution in [0.4, 0.5) is 5.69 Å². The highest BCUT2D eigenvalue weighted by Gasteiger charge is 2.29. The van der Waals surface area contributed by atoms with Crippen molar-refractivity contribution in [3.8, 4) is 11.5 Å². The maximum Gasteiger partial charge on any atom is 0.264 e. The van der Waals surface area contributed by atoms with E-state index in [0.29, 0.717) is 11.4 Å². The average molecular weight is 495 g/mol. The van der Waals surface area contributed by atoms with Crippen molar-refractivity contribution in [1.29, 1.82) is 0 Å². The Balaban J connectivity index is 1.60. The number of hydrogen-bond acceptors (Lipinski definition) is 5. The number of hydrogen-bond donors (Lipinski definition) is 1. The van der Waals surface area contributed by atoms with Crippen LogP contribution in [0, 0.1) is 6.92 Å². The number of fused-ring (bicyclic) bond motifs is 1. The minimum absolute atomic E-state index is 0.0850. The second kappa shape index (κ2) is 10.4. The fourth-order valence-electron chi connectivity index (χ4n) is 4.34. The van der Waals surface area contributed by atoms with Gasteiger partial charge in [0.2, 0.25) is 5.91 Å². The van der Waals surface area contributed by atoms with Crippen molar-refractivity contribution in [2.24, 2.45) is 0 Å². The molecular formula is C27H30N2O5S. The zero-order valence-corrected chi connectivity index (χ0v) is 21.0. The second-order valence-electron chi connectivity index (χ2n) is 8.60. The molecule has 0 bridgehead atoms. The van der Waals surface area contributed by atoms with E-state index in [0.717, 1.165) is 46.0 Å². The predicted molar refractivity (Wildman–Crippen MR) is 136 cm³/mol. The molecule has 0 aromatic heterocycles. The number of carbonyl (C=O) groups is 1. The highest BCUT2D eigenvalue weighted by Crippen LogP contribution is 2.32. The molecule has 1 N–H and O–H groups in total. The Morgan fingerprint density at radius 2 is 1.63 bits per heavy atom. The molecule has 0 saturated heterocycles. The zero-order chi connectivity index (χ0) is 25.0. The summed E-state index contributed by atoms with van der Waals surface area (Å²) in [5.41, 5.74) is 3.61. The van der Waals surface area contributed by atoms with Crippen LogP contribution >= 0.6 is 0 Å². The summed E-state index contributed by atoms with van der Waals surface area (Å²) in [6.45, 7) is 1.59.